The Morgan fingerprint density at radius 3 is 2.63 bits per heavy atom. The van der Waals surface area contributed by atoms with Gasteiger partial charge in [-0.05, 0) is 30.6 Å². The average Bonchev–Trinajstić information content (AvgIpc) is 2.74. The first-order valence-electron chi connectivity index (χ1n) is 7.46. The summed E-state index contributed by atoms with van der Waals surface area (Å²) in [4.78, 5) is 23.9. The van der Waals surface area contributed by atoms with Crippen LogP contribution in [0.1, 0.15) is 46.5 Å². The van der Waals surface area contributed by atoms with Gasteiger partial charge in [-0.2, -0.15) is 0 Å². The summed E-state index contributed by atoms with van der Waals surface area (Å²) >= 11 is 0. The van der Waals surface area contributed by atoms with Crippen molar-refractivity contribution in [2.24, 2.45) is 23.7 Å². The smallest absolute Gasteiger partial charge is 0.328 e. The van der Waals surface area contributed by atoms with Crippen LogP contribution in [0.5, 0.6) is 0 Å². The number of carbonyl (C=O) groups is 2. The topological polar surface area (TPSA) is 55.4 Å². The van der Waals surface area contributed by atoms with Crippen LogP contribution in [0.3, 0.4) is 0 Å². The largest absolute Gasteiger partial charge is 0.464 e. The number of esters is 1. The summed E-state index contributed by atoms with van der Waals surface area (Å²) in [6.45, 7) is 7.01. The molecule has 0 radical (unpaired) electrons. The van der Waals surface area contributed by atoms with Crippen molar-refractivity contribution >= 4 is 11.9 Å². The Balaban J connectivity index is 2.00. The highest BCUT2D eigenvalue weighted by Crippen LogP contribution is 2.38. The van der Waals surface area contributed by atoms with E-state index in [1.807, 2.05) is 0 Å². The molecule has 4 nitrogen and oxygen atoms in total. The molecule has 1 unspecified atom stereocenters. The molecular formula is C15H25NO3. The molecule has 1 aliphatic carbocycles. The van der Waals surface area contributed by atoms with E-state index in [1.165, 1.54) is 6.42 Å². The Kier molecular flexibility index (Phi) is 4.48. The number of rotatable bonds is 3. The van der Waals surface area contributed by atoms with Crippen LogP contribution in [0.2, 0.25) is 0 Å². The van der Waals surface area contributed by atoms with E-state index in [1.54, 1.807) is 0 Å². The minimum Gasteiger partial charge on any atom is -0.464 e. The lowest BCUT2D eigenvalue weighted by atomic mass is 9.69. The molecule has 1 N–H and O–H groups in total. The maximum absolute atomic E-state index is 12.4. The maximum Gasteiger partial charge on any atom is 0.328 e. The Morgan fingerprint density at radius 2 is 2.05 bits per heavy atom. The molecule has 4 heteroatoms. The standard InChI is InChI=1S/C15H25NO3/c1-9(2)11-5-4-10(3)8-12(11)14(17)16-13-6-7-19-15(13)18/h9-13H,4-8H2,1-3H3,(H,16,17)/t10-,11+,12?,13-/m1/s1. The number of nitrogens with one attached hydrogen (secondary N) is 1. The Morgan fingerprint density at radius 1 is 1.32 bits per heavy atom. The van der Waals surface area contributed by atoms with Gasteiger partial charge < -0.3 is 10.1 Å². The predicted molar refractivity (Wildman–Crippen MR) is 72.3 cm³/mol. The number of cyclic esters (lactones) is 1. The highest BCUT2D eigenvalue weighted by atomic mass is 16.5. The summed E-state index contributed by atoms with van der Waals surface area (Å²) in [5.74, 6) is 1.37. The van der Waals surface area contributed by atoms with Gasteiger partial charge in [0.25, 0.3) is 0 Å². The Hall–Kier alpha value is -1.06. The molecule has 4 atom stereocenters. The van der Waals surface area contributed by atoms with Crippen molar-refractivity contribution in [1.82, 2.24) is 5.32 Å². The summed E-state index contributed by atoms with van der Waals surface area (Å²) in [6, 6.07) is -0.419. The molecular weight excluding hydrogens is 242 g/mol. The first-order valence-corrected chi connectivity index (χ1v) is 7.46. The molecule has 0 spiro atoms. The van der Waals surface area contributed by atoms with Gasteiger partial charge in [0.1, 0.15) is 6.04 Å². The van der Waals surface area contributed by atoms with Gasteiger partial charge >= 0.3 is 5.97 Å². The van der Waals surface area contributed by atoms with Gasteiger partial charge in [-0.3, -0.25) is 4.79 Å². The Bertz CT molecular complexity index is 353. The van der Waals surface area contributed by atoms with Gasteiger partial charge in [0, 0.05) is 12.3 Å². The van der Waals surface area contributed by atoms with Crippen LogP contribution in [-0.4, -0.2) is 24.5 Å². The summed E-state index contributed by atoms with van der Waals surface area (Å²) < 4.78 is 4.90. The van der Waals surface area contributed by atoms with Crippen LogP contribution in [0.15, 0.2) is 0 Å². The highest BCUT2D eigenvalue weighted by Gasteiger charge is 2.37. The number of ether oxygens (including phenoxy) is 1. The number of hydrogen-bond donors (Lipinski definition) is 1. The van der Waals surface area contributed by atoms with Crippen molar-refractivity contribution in [3.8, 4) is 0 Å². The van der Waals surface area contributed by atoms with Crippen molar-refractivity contribution in [2.75, 3.05) is 6.61 Å². The molecule has 2 fully saturated rings. The van der Waals surface area contributed by atoms with Gasteiger partial charge in [0.05, 0.1) is 6.61 Å². The third-order valence-corrected chi connectivity index (χ3v) is 4.61. The van der Waals surface area contributed by atoms with Gasteiger partial charge in [0.2, 0.25) is 5.91 Å². The third kappa shape index (κ3) is 3.28. The minimum atomic E-state index is -0.419. The molecule has 19 heavy (non-hydrogen) atoms. The van der Waals surface area contributed by atoms with Crippen LogP contribution in [0, 0.1) is 23.7 Å². The van der Waals surface area contributed by atoms with Crippen molar-refractivity contribution < 1.29 is 14.3 Å². The van der Waals surface area contributed by atoms with Gasteiger partial charge in [0.15, 0.2) is 0 Å². The minimum absolute atomic E-state index is 0.0501. The van der Waals surface area contributed by atoms with E-state index in [0.717, 1.165) is 12.8 Å². The number of hydrogen-bond acceptors (Lipinski definition) is 3. The van der Waals surface area contributed by atoms with Gasteiger partial charge in [-0.25, -0.2) is 4.79 Å². The average molecular weight is 267 g/mol. The molecule has 1 saturated heterocycles. The van der Waals surface area contributed by atoms with Crippen LogP contribution in [0.4, 0.5) is 0 Å². The lowest BCUT2D eigenvalue weighted by molar-refractivity contribution is -0.142. The second kappa shape index (κ2) is 5.93. The lowest BCUT2D eigenvalue weighted by Gasteiger charge is -2.36. The number of amides is 1. The van der Waals surface area contributed by atoms with Crippen LogP contribution >= 0.6 is 0 Å². The summed E-state index contributed by atoms with van der Waals surface area (Å²) in [5.41, 5.74) is 0. The molecule has 108 valence electrons. The lowest BCUT2D eigenvalue weighted by Crippen LogP contribution is -2.45. The van der Waals surface area contributed by atoms with Gasteiger partial charge in [-0.1, -0.05) is 27.2 Å². The summed E-state index contributed by atoms with van der Waals surface area (Å²) in [5, 5.41) is 2.89. The van der Waals surface area contributed by atoms with Crippen molar-refractivity contribution in [3.63, 3.8) is 0 Å². The van der Waals surface area contributed by atoms with Gasteiger partial charge in [-0.15, -0.1) is 0 Å². The van der Waals surface area contributed by atoms with Crippen LogP contribution < -0.4 is 5.32 Å². The second-order valence-electron chi connectivity index (χ2n) is 6.45. The van der Waals surface area contributed by atoms with E-state index >= 15 is 0 Å². The first-order chi connectivity index (χ1) is 8.99. The molecule has 1 saturated carbocycles. The molecule has 0 aromatic heterocycles. The van der Waals surface area contributed by atoms with E-state index in [2.05, 4.69) is 26.1 Å². The monoisotopic (exact) mass is 267 g/mol. The zero-order valence-electron chi connectivity index (χ0n) is 12.1. The SMILES string of the molecule is CC(C)[C@@H]1CC[C@@H](C)CC1C(=O)N[C@@H]1CCOC1=O. The molecule has 1 amide bonds. The molecule has 0 aromatic rings. The van der Waals surface area contributed by atoms with E-state index in [9.17, 15) is 9.59 Å². The third-order valence-electron chi connectivity index (χ3n) is 4.61. The maximum atomic E-state index is 12.4. The molecule has 2 rings (SSSR count). The number of carbonyl (C=O) groups excluding carboxylic acids is 2. The molecule has 1 heterocycles. The fraction of sp³-hybridized carbons (Fsp3) is 0.867. The van der Waals surface area contributed by atoms with Crippen molar-refractivity contribution in [1.29, 1.82) is 0 Å². The molecule has 0 aromatic carbocycles. The van der Waals surface area contributed by atoms with E-state index in [-0.39, 0.29) is 17.8 Å². The quantitative estimate of drug-likeness (QED) is 0.797. The molecule has 1 aliphatic heterocycles. The van der Waals surface area contributed by atoms with E-state index in [4.69, 9.17) is 4.74 Å². The predicted octanol–water partition coefficient (Wildman–Crippen LogP) is 2.13. The zero-order valence-corrected chi connectivity index (χ0v) is 12.1. The highest BCUT2D eigenvalue weighted by molar-refractivity contribution is 5.86. The summed E-state index contributed by atoms with van der Waals surface area (Å²) in [6.07, 6.45) is 3.87. The Labute approximate surface area is 115 Å². The van der Waals surface area contributed by atoms with Crippen molar-refractivity contribution in [2.45, 2.75) is 52.5 Å². The van der Waals surface area contributed by atoms with Crippen molar-refractivity contribution in [3.05, 3.63) is 0 Å². The van der Waals surface area contributed by atoms with E-state index < -0.39 is 6.04 Å². The molecule has 0 bridgehead atoms. The zero-order chi connectivity index (χ0) is 14.0. The van der Waals surface area contributed by atoms with Crippen LogP contribution in [-0.2, 0) is 14.3 Å². The van der Waals surface area contributed by atoms with Crippen LogP contribution in [0.25, 0.3) is 0 Å². The fourth-order valence-corrected chi connectivity index (χ4v) is 3.41. The first kappa shape index (κ1) is 14.4. The molecule has 2 aliphatic rings. The summed E-state index contributed by atoms with van der Waals surface area (Å²) in [7, 11) is 0. The second-order valence-corrected chi connectivity index (χ2v) is 6.45. The van der Waals surface area contributed by atoms with E-state index in [0.29, 0.717) is 30.8 Å². The fourth-order valence-electron chi connectivity index (χ4n) is 3.41. The normalized spacial score (nSPS) is 35.3.